The van der Waals surface area contributed by atoms with Gasteiger partial charge in [0, 0.05) is 17.6 Å². The number of pyridine rings is 1. The number of rotatable bonds is 2. The summed E-state index contributed by atoms with van der Waals surface area (Å²) < 4.78 is 17.4. The molecular weight excluding hydrogens is 264 g/mol. The van der Waals surface area contributed by atoms with Crippen molar-refractivity contribution in [3.05, 3.63) is 49.7 Å². The fourth-order valence-corrected chi connectivity index (χ4v) is 1.88. The molecule has 0 aliphatic rings. The molecule has 2 aromatic heterocycles. The van der Waals surface area contributed by atoms with Crippen LogP contribution in [-0.4, -0.2) is 9.55 Å². The zero-order chi connectivity index (χ0) is 11.8. The first-order valence-electron chi connectivity index (χ1n) is 4.81. The second-order valence-electron chi connectivity index (χ2n) is 2.51. The highest BCUT2D eigenvalue weighted by Gasteiger charge is 2.00. The Labute approximate surface area is 96.0 Å². The van der Waals surface area contributed by atoms with Crippen LogP contribution in [-0.2, 0) is 6.50 Å². The number of thiazole rings is 1. The van der Waals surface area contributed by atoms with Gasteiger partial charge in [0.05, 0.1) is 14.9 Å². The normalized spacial score (nSPS) is 13.5. The molecule has 0 saturated carbocycles. The van der Waals surface area contributed by atoms with Crippen molar-refractivity contribution in [2.24, 2.45) is 0 Å². The summed E-state index contributed by atoms with van der Waals surface area (Å²) in [5.41, 5.74) is -0.172. The average molecular weight is 273 g/mol. The van der Waals surface area contributed by atoms with E-state index in [9.17, 15) is 4.79 Å². The maximum absolute atomic E-state index is 11.5. The minimum atomic E-state index is -1.93. The van der Waals surface area contributed by atoms with E-state index in [2.05, 4.69) is 20.9 Å². The van der Waals surface area contributed by atoms with E-state index in [1.165, 1.54) is 23.6 Å². The molecule has 0 spiro atoms. The zero-order valence-electron chi connectivity index (χ0n) is 8.98. The second-order valence-corrected chi connectivity index (χ2v) is 4.64. The minimum Gasteiger partial charge on any atom is -0.310 e. The molecule has 2 rings (SSSR count). The summed E-state index contributed by atoms with van der Waals surface area (Å²) in [5.74, 6) is 0. The van der Waals surface area contributed by atoms with Crippen LogP contribution in [0.4, 0.5) is 0 Å². The molecule has 0 N–H and O–H groups in total. The molecule has 0 aliphatic heterocycles. The summed E-state index contributed by atoms with van der Waals surface area (Å²) >= 11 is 4.45. The lowest BCUT2D eigenvalue weighted by molar-refractivity contribution is 0.743. The Balaban J connectivity index is 2.55. The zero-order valence-corrected chi connectivity index (χ0v) is 9.38. The fraction of sp³-hybridized carbons (Fsp3) is 0.111. The molecule has 3 nitrogen and oxygen atoms in total. The highest BCUT2D eigenvalue weighted by Crippen LogP contribution is 2.16. The van der Waals surface area contributed by atoms with E-state index in [1.54, 1.807) is 17.5 Å². The third kappa shape index (κ3) is 2.10. The van der Waals surface area contributed by atoms with Crippen LogP contribution in [0.2, 0.25) is 0 Å². The van der Waals surface area contributed by atoms with Crippen LogP contribution in [0.5, 0.6) is 0 Å². The lowest BCUT2D eigenvalue weighted by atomic mass is 10.4. The molecule has 0 amide bonds. The first-order valence-corrected chi connectivity index (χ1v) is 5.49. The van der Waals surface area contributed by atoms with Crippen molar-refractivity contribution in [3.63, 3.8) is 0 Å². The van der Waals surface area contributed by atoms with E-state index in [4.69, 9.17) is 2.74 Å². The highest BCUT2D eigenvalue weighted by atomic mass is 79.9. The minimum absolute atomic E-state index is 0.220. The van der Waals surface area contributed by atoms with Gasteiger partial charge < -0.3 is 4.57 Å². The summed E-state index contributed by atoms with van der Waals surface area (Å²) in [5, 5.41) is 1.59. The molecule has 2 heterocycles. The second kappa shape index (κ2) is 4.06. The lowest BCUT2D eigenvalue weighted by Gasteiger charge is -2.00. The van der Waals surface area contributed by atoms with E-state index in [1.807, 2.05) is 0 Å². The first kappa shape index (κ1) is 7.36. The molecule has 5 heteroatoms. The van der Waals surface area contributed by atoms with E-state index < -0.39 is 12.1 Å². The number of hydrogen-bond acceptors (Lipinski definition) is 3. The third-order valence-electron chi connectivity index (χ3n) is 1.53. The van der Waals surface area contributed by atoms with Gasteiger partial charge in [0.2, 0.25) is 0 Å². The standard InChI is InChI=1S/C9H7BrN2OS/c10-9-11-7(6-14-9)5-12-4-2-1-3-8(12)13/h1-4,6H,5H2/i5D2. The van der Waals surface area contributed by atoms with Crippen LogP contribution in [0.3, 0.4) is 0 Å². The number of nitrogens with zero attached hydrogens (tertiary/aromatic N) is 2. The summed E-state index contributed by atoms with van der Waals surface area (Å²) in [4.78, 5) is 15.5. The van der Waals surface area contributed by atoms with E-state index in [-0.39, 0.29) is 5.69 Å². The maximum Gasteiger partial charge on any atom is 0.250 e. The van der Waals surface area contributed by atoms with Crippen LogP contribution in [0.25, 0.3) is 0 Å². The molecule has 2 aromatic rings. The van der Waals surface area contributed by atoms with Crippen LogP contribution in [0.1, 0.15) is 8.44 Å². The van der Waals surface area contributed by atoms with Gasteiger partial charge in [-0.15, -0.1) is 11.3 Å². The Hall–Kier alpha value is -0.940. The van der Waals surface area contributed by atoms with Crippen molar-refractivity contribution >= 4 is 27.3 Å². The summed E-state index contributed by atoms with van der Waals surface area (Å²) in [6.45, 7) is -1.93. The Morgan fingerprint density at radius 1 is 1.64 bits per heavy atom. The summed E-state index contributed by atoms with van der Waals surface area (Å²) in [6.07, 6.45) is 1.41. The van der Waals surface area contributed by atoms with Gasteiger partial charge in [-0.3, -0.25) is 4.79 Å². The monoisotopic (exact) mass is 272 g/mol. The Kier molecular flexibility index (Phi) is 2.14. The summed E-state index contributed by atoms with van der Waals surface area (Å²) in [7, 11) is 0. The van der Waals surface area contributed by atoms with Gasteiger partial charge >= 0.3 is 0 Å². The fourth-order valence-electron chi connectivity index (χ4n) is 0.946. The molecule has 14 heavy (non-hydrogen) atoms. The molecule has 0 saturated heterocycles. The van der Waals surface area contributed by atoms with Crippen molar-refractivity contribution in [1.82, 2.24) is 9.55 Å². The van der Waals surface area contributed by atoms with Crippen molar-refractivity contribution in [2.45, 2.75) is 6.50 Å². The largest absolute Gasteiger partial charge is 0.310 e. The number of aromatic nitrogens is 2. The molecule has 0 aliphatic carbocycles. The van der Waals surface area contributed by atoms with Gasteiger partial charge in [0.25, 0.3) is 5.56 Å². The van der Waals surface area contributed by atoms with E-state index >= 15 is 0 Å². The van der Waals surface area contributed by atoms with Gasteiger partial charge in [0.1, 0.15) is 0 Å². The Bertz CT molecular complexity index is 566. The van der Waals surface area contributed by atoms with E-state index in [0.717, 1.165) is 4.57 Å². The van der Waals surface area contributed by atoms with Crippen LogP contribution in [0, 0.1) is 0 Å². The summed E-state index contributed by atoms with van der Waals surface area (Å²) in [6, 6.07) is 4.51. The van der Waals surface area contributed by atoms with Crippen LogP contribution in [0.15, 0.2) is 38.5 Å². The van der Waals surface area contributed by atoms with Gasteiger partial charge in [-0.05, 0) is 22.0 Å². The van der Waals surface area contributed by atoms with Crippen LogP contribution >= 0.6 is 27.3 Å². The quantitative estimate of drug-likeness (QED) is 0.840. The smallest absolute Gasteiger partial charge is 0.250 e. The van der Waals surface area contributed by atoms with Crippen molar-refractivity contribution in [3.8, 4) is 0 Å². The molecule has 0 atom stereocenters. The molecule has 0 bridgehead atoms. The Morgan fingerprint density at radius 2 is 2.50 bits per heavy atom. The molecule has 0 radical (unpaired) electrons. The van der Waals surface area contributed by atoms with Crippen molar-refractivity contribution in [2.75, 3.05) is 0 Å². The van der Waals surface area contributed by atoms with Gasteiger partial charge in [0.15, 0.2) is 3.92 Å². The maximum atomic E-state index is 11.5. The molecule has 72 valence electrons. The van der Waals surface area contributed by atoms with E-state index in [0.29, 0.717) is 3.92 Å². The number of hydrogen-bond donors (Lipinski definition) is 0. The third-order valence-corrected chi connectivity index (χ3v) is 2.90. The van der Waals surface area contributed by atoms with Crippen molar-refractivity contribution < 1.29 is 2.74 Å². The predicted molar refractivity (Wildman–Crippen MR) is 59.6 cm³/mol. The number of halogens is 1. The van der Waals surface area contributed by atoms with Gasteiger partial charge in [-0.25, -0.2) is 4.98 Å². The first-order chi connectivity index (χ1) is 7.51. The average Bonchev–Trinajstić information content (AvgIpc) is 2.66. The topological polar surface area (TPSA) is 34.9 Å². The Morgan fingerprint density at radius 3 is 3.14 bits per heavy atom. The molecule has 0 fully saturated rings. The molecule has 0 unspecified atom stereocenters. The predicted octanol–water partition coefficient (Wildman–Crippen LogP) is 2.12. The molecular formula is C9H7BrN2OS. The van der Waals surface area contributed by atoms with Crippen LogP contribution < -0.4 is 5.56 Å². The van der Waals surface area contributed by atoms with Crippen molar-refractivity contribution in [1.29, 1.82) is 0 Å². The highest BCUT2D eigenvalue weighted by molar-refractivity contribution is 9.11. The lowest BCUT2D eigenvalue weighted by Crippen LogP contribution is -2.18. The van der Waals surface area contributed by atoms with Gasteiger partial charge in [-0.2, -0.15) is 0 Å². The SMILES string of the molecule is [2H]C([2H])(c1csc(Br)n1)n1ccccc1=O. The molecule has 0 aromatic carbocycles. The van der Waals surface area contributed by atoms with Gasteiger partial charge in [-0.1, -0.05) is 6.07 Å².